The molecule has 4 rings (SSSR count). The van der Waals surface area contributed by atoms with Crippen molar-refractivity contribution >= 4 is 17.3 Å². The van der Waals surface area contributed by atoms with Crippen LogP contribution < -0.4 is 15.0 Å². The van der Waals surface area contributed by atoms with E-state index in [2.05, 4.69) is 41.4 Å². The highest BCUT2D eigenvalue weighted by Gasteiger charge is 2.20. The normalized spacial score (nSPS) is 12.8. The van der Waals surface area contributed by atoms with Gasteiger partial charge in [0.1, 0.15) is 11.6 Å². The van der Waals surface area contributed by atoms with E-state index in [4.69, 9.17) is 9.84 Å². The van der Waals surface area contributed by atoms with Crippen molar-refractivity contribution in [2.75, 3.05) is 30.4 Å². The molecule has 0 atom stereocenters. The van der Waals surface area contributed by atoms with Crippen molar-refractivity contribution in [2.24, 2.45) is 0 Å². The van der Waals surface area contributed by atoms with Gasteiger partial charge in [-0.3, -0.25) is 4.79 Å². The van der Waals surface area contributed by atoms with Crippen LogP contribution in [0.2, 0.25) is 0 Å². The largest absolute Gasteiger partial charge is 0.497 e. The zero-order valence-corrected chi connectivity index (χ0v) is 20.4. The minimum Gasteiger partial charge on any atom is -0.497 e. The minimum atomic E-state index is -0.924. The fourth-order valence-corrected chi connectivity index (χ4v) is 4.78. The molecule has 184 valence electrons. The Balaban J connectivity index is 1.44. The molecule has 0 unspecified atom stereocenters. The molecule has 1 aliphatic heterocycles. The van der Waals surface area contributed by atoms with Crippen LogP contribution in [-0.2, 0) is 30.6 Å². The van der Waals surface area contributed by atoms with E-state index in [0.717, 1.165) is 38.1 Å². The molecular formula is C29H33FN2O3. The summed E-state index contributed by atoms with van der Waals surface area (Å²) in [5.41, 5.74) is 7.59. The average molecular weight is 477 g/mol. The highest BCUT2D eigenvalue weighted by Crippen LogP contribution is 2.33. The van der Waals surface area contributed by atoms with Crippen molar-refractivity contribution in [2.45, 2.75) is 45.6 Å². The summed E-state index contributed by atoms with van der Waals surface area (Å²) in [6, 6.07) is 17.6. The number of nitrogens with one attached hydrogen (secondary N) is 1. The Labute approximate surface area is 206 Å². The number of ether oxygens (including phenoxy) is 1. The summed E-state index contributed by atoms with van der Waals surface area (Å²) >= 11 is 0. The molecule has 0 aliphatic carbocycles. The minimum absolute atomic E-state index is 0.0764. The predicted molar refractivity (Wildman–Crippen MR) is 138 cm³/mol. The van der Waals surface area contributed by atoms with Crippen molar-refractivity contribution in [1.29, 1.82) is 0 Å². The quantitative estimate of drug-likeness (QED) is 0.389. The van der Waals surface area contributed by atoms with Gasteiger partial charge >= 0.3 is 5.97 Å². The van der Waals surface area contributed by atoms with E-state index in [-0.39, 0.29) is 18.7 Å². The molecule has 0 fully saturated rings. The zero-order chi connectivity index (χ0) is 24.8. The van der Waals surface area contributed by atoms with E-state index in [9.17, 15) is 9.18 Å². The number of hydrogen-bond donors (Lipinski definition) is 2. The predicted octanol–water partition coefficient (Wildman–Crippen LogP) is 5.77. The van der Waals surface area contributed by atoms with Crippen molar-refractivity contribution in [3.05, 3.63) is 88.2 Å². The monoisotopic (exact) mass is 476 g/mol. The van der Waals surface area contributed by atoms with Crippen LogP contribution in [0.15, 0.2) is 54.6 Å². The summed E-state index contributed by atoms with van der Waals surface area (Å²) < 4.78 is 19.7. The lowest BCUT2D eigenvalue weighted by Gasteiger charge is -2.34. The lowest BCUT2D eigenvalue weighted by atomic mass is 9.94. The van der Waals surface area contributed by atoms with E-state index in [1.807, 2.05) is 18.2 Å². The van der Waals surface area contributed by atoms with Gasteiger partial charge in [0, 0.05) is 37.4 Å². The maximum absolute atomic E-state index is 14.4. The van der Waals surface area contributed by atoms with Gasteiger partial charge in [-0.05, 0) is 84.7 Å². The van der Waals surface area contributed by atoms with Gasteiger partial charge in [0.15, 0.2) is 0 Å². The van der Waals surface area contributed by atoms with Crippen LogP contribution in [0.1, 0.15) is 40.7 Å². The first-order valence-corrected chi connectivity index (χ1v) is 12.2. The van der Waals surface area contributed by atoms with Crippen molar-refractivity contribution < 1.29 is 19.0 Å². The van der Waals surface area contributed by atoms with Gasteiger partial charge in [-0.2, -0.15) is 0 Å². The number of aryl methyl sites for hydroxylation is 2. The van der Waals surface area contributed by atoms with Crippen LogP contribution in [0.4, 0.5) is 15.8 Å². The fraction of sp³-hybridized carbons (Fsp3) is 0.345. The molecular weight excluding hydrogens is 443 g/mol. The number of carboxylic acid groups (broad SMARTS) is 1. The van der Waals surface area contributed by atoms with Crippen LogP contribution in [0, 0.1) is 12.7 Å². The molecule has 6 heteroatoms. The summed E-state index contributed by atoms with van der Waals surface area (Å²) in [6.45, 7) is 4.78. The third kappa shape index (κ3) is 6.13. The lowest BCUT2D eigenvalue weighted by molar-refractivity contribution is -0.136. The molecule has 0 spiro atoms. The summed E-state index contributed by atoms with van der Waals surface area (Å²) in [6.07, 6.45) is 3.33. The highest BCUT2D eigenvalue weighted by atomic mass is 19.1. The van der Waals surface area contributed by atoms with Crippen LogP contribution in [-0.4, -0.2) is 31.3 Å². The fourth-order valence-electron chi connectivity index (χ4n) is 4.78. The number of anilines is 2. The molecule has 2 N–H and O–H groups in total. The van der Waals surface area contributed by atoms with Crippen LogP contribution in [0.5, 0.6) is 5.75 Å². The van der Waals surface area contributed by atoms with Crippen LogP contribution in [0.25, 0.3) is 0 Å². The molecule has 0 radical (unpaired) electrons. The molecule has 0 amide bonds. The molecule has 0 bridgehead atoms. The molecule has 0 saturated carbocycles. The topological polar surface area (TPSA) is 61.8 Å². The number of aliphatic carboxylic acids is 1. The number of carboxylic acids is 1. The Morgan fingerprint density at radius 2 is 1.86 bits per heavy atom. The number of hydrogen-bond acceptors (Lipinski definition) is 4. The summed E-state index contributed by atoms with van der Waals surface area (Å²) in [5, 5.41) is 12.2. The smallest absolute Gasteiger partial charge is 0.303 e. The average Bonchev–Trinajstić information content (AvgIpc) is 2.86. The maximum atomic E-state index is 14.4. The van der Waals surface area contributed by atoms with E-state index in [1.165, 1.54) is 34.0 Å². The number of rotatable bonds is 10. The standard InChI is InChI=1S/C29H33FN2O3/c1-20-24(19-31-25-11-9-22(27(30)18-25)10-14-28(33)34)8-7-23-4-3-16-32(29(20)23)17-15-21-5-12-26(35-2)13-6-21/h5-9,11-13,18,31H,3-4,10,14-17,19H2,1-2H3,(H,33,34). The van der Waals surface area contributed by atoms with Crippen molar-refractivity contribution in [3.8, 4) is 5.75 Å². The third-order valence-corrected chi connectivity index (χ3v) is 6.79. The first-order valence-electron chi connectivity index (χ1n) is 12.2. The Kier molecular flexibility index (Phi) is 7.91. The first kappa shape index (κ1) is 24.6. The second-order valence-corrected chi connectivity index (χ2v) is 9.10. The Morgan fingerprint density at radius 1 is 1.09 bits per heavy atom. The van der Waals surface area contributed by atoms with Crippen LogP contribution in [0.3, 0.4) is 0 Å². The maximum Gasteiger partial charge on any atom is 0.303 e. The van der Waals surface area contributed by atoms with Gasteiger partial charge in [0.25, 0.3) is 0 Å². The van der Waals surface area contributed by atoms with E-state index >= 15 is 0 Å². The number of fused-ring (bicyclic) bond motifs is 1. The molecule has 3 aromatic carbocycles. The molecule has 0 aromatic heterocycles. The molecule has 3 aromatic rings. The summed E-state index contributed by atoms with van der Waals surface area (Å²) in [7, 11) is 1.68. The van der Waals surface area contributed by atoms with E-state index < -0.39 is 5.97 Å². The van der Waals surface area contributed by atoms with E-state index in [0.29, 0.717) is 17.8 Å². The number of carbonyl (C=O) groups is 1. The molecule has 35 heavy (non-hydrogen) atoms. The van der Waals surface area contributed by atoms with Gasteiger partial charge < -0.3 is 20.1 Å². The van der Waals surface area contributed by atoms with Gasteiger partial charge in [-0.1, -0.05) is 30.3 Å². The number of methoxy groups -OCH3 is 1. The Morgan fingerprint density at radius 3 is 2.57 bits per heavy atom. The third-order valence-electron chi connectivity index (χ3n) is 6.79. The lowest BCUT2D eigenvalue weighted by Crippen LogP contribution is -2.32. The van der Waals surface area contributed by atoms with Crippen molar-refractivity contribution in [3.63, 3.8) is 0 Å². The second kappa shape index (κ2) is 11.3. The number of benzene rings is 3. The molecule has 1 aliphatic rings. The van der Waals surface area contributed by atoms with Gasteiger partial charge in [-0.25, -0.2) is 4.39 Å². The van der Waals surface area contributed by atoms with Crippen LogP contribution >= 0.6 is 0 Å². The molecule has 5 nitrogen and oxygen atoms in total. The molecule has 1 heterocycles. The van der Waals surface area contributed by atoms with Gasteiger partial charge in [0.2, 0.25) is 0 Å². The van der Waals surface area contributed by atoms with E-state index in [1.54, 1.807) is 13.2 Å². The summed E-state index contributed by atoms with van der Waals surface area (Å²) in [4.78, 5) is 13.3. The summed E-state index contributed by atoms with van der Waals surface area (Å²) in [5.74, 6) is -0.421. The Hall–Kier alpha value is -3.54. The second-order valence-electron chi connectivity index (χ2n) is 9.10. The number of nitrogens with zero attached hydrogens (tertiary/aromatic N) is 1. The highest BCUT2D eigenvalue weighted by molar-refractivity contribution is 5.67. The SMILES string of the molecule is COc1ccc(CCN2CCCc3ccc(CNc4ccc(CCC(=O)O)c(F)c4)c(C)c32)cc1. The van der Waals surface area contributed by atoms with Gasteiger partial charge in [-0.15, -0.1) is 0 Å². The number of halogens is 1. The van der Waals surface area contributed by atoms with Gasteiger partial charge in [0.05, 0.1) is 7.11 Å². The zero-order valence-electron chi connectivity index (χ0n) is 20.4. The molecule has 0 saturated heterocycles. The van der Waals surface area contributed by atoms with Crippen molar-refractivity contribution in [1.82, 2.24) is 0 Å². The Bertz CT molecular complexity index is 1180. The first-order chi connectivity index (χ1) is 16.9.